The Hall–Kier alpha value is -1.81. The highest BCUT2D eigenvalue weighted by molar-refractivity contribution is 8.14. The van der Waals surface area contributed by atoms with Gasteiger partial charge < -0.3 is 0 Å². The number of thiazole rings is 1. The van der Waals surface area contributed by atoms with Gasteiger partial charge in [0.15, 0.2) is 5.17 Å². The maximum atomic E-state index is 11.8. The molecule has 0 aromatic carbocycles. The van der Waals surface area contributed by atoms with Gasteiger partial charge in [-0.3, -0.25) is 35.5 Å². The Labute approximate surface area is 130 Å². The Morgan fingerprint density at radius 1 is 1.29 bits per heavy atom. The molecule has 1 aromatic heterocycles. The highest BCUT2D eigenvalue weighted by Gasteiger charge is 2.17. The van der Waals surface area contributed by atoms with Crippen LogP contribution < -0.4 is 15.9 Å². The standard InChI is InChI=1S/C11H16N6O2S2/c1-16(10-12-3-5-20-10)14-8(18)7-9(19)15-17(2)11-13-4-6-21-11/h3,5H,4,6-7H2,1-2H3,(H,14,18)(H,15,19). The van der Waals surface area contributed by atoms with E-state index in [-0.39, 0.29) is 6.42 Å². The number of hydrazine groups is 2. The number of amides is 2. The maximum absolute atomic E-state index is 11.8. The number of carbonyl (C=O) groups is 2. The number of nitrogens with one attached hydrogen (secondary N) is 2. The van der Waals surface area contributed by atoms with Crippen LogP contribution in [0.15, 0.2) is 16.6 Å². The number of hydrogen-bond donors (Lipinski definition) is 2. The number of rotatable bonds is 4. The van der Waals surface area contributed by atoms with Crippen molar-refractivity contribution in [2.24, 2.45) is 4.99 Å². The Kier molecular flexibility index (Phi) is 5.39. The molecule has 2 rings (SSSR count). The molecular formula is C11H16N6O2S2. The molecule has 21 heavy (non-hydrogen) atoms. The molecule has 0 radical (unpaired) electrons. The van der Waals surface area contributed by atoms with Crippen LogP contribution >= 0.6 is 23.1 Å². The molecule has 1 aromatic rings. The molecule has 0 bridgehead atoms. The van der Waals surface area contributed by atoms with Crippen molar-refractivity contribution in [1.29, 1.82) is 0 Å². The third kappa shape index (κ3) is 4.60. The van der Waals surface area contributed by atoms with Crippen molar-refractivity contribution < 1.29 is 9.59 Å². The molecule has 114 valence electrons. The fraction of sp³-hybridized carbons (Fsp3) is 0.455. The zero-order valence-corrected chi connectivity index (χ0v) is 13.3. The predicted octanol–water partition coefficient (Wildman–Crippen LogP) is 0.0664. The maximum Gasteiger partial charge on any atom is 0.248 e. The molecule has 2 amide bonds. The van der Waals surface area contributed by atoms with E-state index in [1.807, 2.05) is 0 Å². The first-order valence-electron chi connectivity index (χ1n) is 6.19. The van der Waals surface area contributed by atoms with Gasteiger partial charge >= 0.3 is 0 Å². The minimum Gasteiger partial charge on any atom is -0.273 e. The Bertz CT molecular complexity index is 533. The van der Waals surface area contributed by atoms with Crippen LogP contribution in [0.5, 0.6) is 0 Å². The molecule has 0 saturated heterocycles. The summed E-state index contributed by atoms with van der Waals surface area (Å²) in [5.41, 5.74) is 5.19. The number of carbonyl (C=O) groups excluding carboxylic acids is 2. The highest BCUT2D eigenvalue weighted by Crippen LogP contribution is 2.13. The number of thioether (sulfide) groups is 1. The zero-order chi connectivity index (χ0) is 15.2. The quantitative estimate of drug-likeness (QED) is 0.600. The van der Waals surface area contributed by atoms with Crippen LogP contribution in [0.3, 0.4) is 0 Å². The molecule has 1 aliphatic rings. The molecule has 10 heteroatoms. The summed E-state index contributed by atoms with van der Waals surface area (Å²) in [5, 5.41) is 6.24. The van der Waals surface area contributed by atoms with Gasteiger partial charge in [-0.2, -0.15) is 0 Å². The Morgan fingerprint density at radius 3 is 2.57 bits per heavy atom. The third-order valence-electron chi connectivity index (χ3n) is 2.47. The average molecular weight is 328 g/mol. The molecular weight excluding hydrogens is 312 g/mol. The third-order valence-corrected chi connectivity index (χ3v) is 4.36. The second kappa shape index (κ2) is 7.27. The first kappa shape index (κ1) is 15.6. The molecule has 8 nitrogen and oxygen atoms in total. The average Bonchev–Trinajstić information content (AvgIpc) is 3.12. The van der Waals surface area contributed by atoms with Gasteiger partial charge in [0.05, 0.1) is 6.54 Å². The first-order valence-corrected chi connectivity index (χ1v) is 8.06. The smallest absolute Gasteiger partial charge is 0.248 e. The van der Waals surface area contributed by atoms with E-state index in [1.165, 1.54) is 21.4 Å². The van der Waals surface area contributed by atoms with Crippen molar-refractivity contribution in [2.45, 2.75) is 6.42 Å². The second-order valence-corrected chi connectivity index (χ2v) is 6.13. The van der Waals surface area contributed by atoms with Crippen molar-refractivity contribution in [3.63, 3.8) is 0 Å². The van der Waals surface area contributed by atoms with Crippen molar-refractivity contribution in [2.75, 3.05) is 31.4 Å². The normalized spacial score (nSPS) is 13.5. The number of nitrogens with zero attached hydrogens (tertiary/aromatic N) is 4. The highest BCUT2D eigenvalue weighted by atomic mass is 32.2. The second-order valence-electron chi connectivity index (χ2n) is 4.19. The minimum atomic E-state index is -0.403. The predicted molar refractivity (Wildman–Crippen MR) is 83.9 cm³/mol. The van der Waals surface area contributed by atoms with E-state index in [4.69, 9.17) is 0 Å². The van der Waals surface area contributed by atoms with Crippen LogP contribution in [-0.4, -0.2) is 53.4 Å². The summed E-state index contributed by atoms with van der Waals surface area (Å²) in [7, 11) is 3.37. The van der Waals surface area contributed by atoms with Crippen LogP contribution in [0.2, 0.25) is 0 Å². The topological polar surface area (TPSA) is 89.9 Å². The van der Waals surface area contributed by atoms with Gasteiger partial charge in [0.2, 0.25) is 16.9 Å². The number of hydrogen-bond acceptors (Lipinski definition) is 8. The molecule has 2 N–H and O–H groups in total. The summed E-state index contributed by atoms with van der Waals surface area (Å²) in [6.07, 6.45) is 1.38. The minimum absolute atomic E-state index is 0.266. The lowest BCUT2D eigenvalue weighted by molar-refractivity contribution is -0.130. The van der Waals surface area contributed by atoms with Gasteiger partial charge in [-0.25, -0.2) is 4.98 Å². The number of aromatic nitrogens is 1. The fourth-order valence-corrected chi connectivity index (χ4v) is 2.96. The SMILES string of the molecule is CN(NC(=O)CC(=O)NN(C)c1nccs1)C1=NCCS1. The van der Waals surface area contributed by atoms with E-state index >= 15 is 0 Å². The van der Waals surface area contributed by atoms with E-state index < -0.39 is 11.8 Å². The zero-order valence-electron chi connectivity index (χ0n) is 11.7. The Balaban J connectivity index is 1.75. The van der Waals surface area contributed by atoms with E-state index in [0.29, 0.717) is 5.13 Å². The fourth-order valence-electron chi connectivity index (χ4n) is 1.60. The molecule has 0 unspecified atom stereocenters. The van der Waals surface area contributed by atoms with Gasteiger partial charge in [-0.15, -0.1) is 11.3 Å². The largest absolute Gasteiger partial charge is 0.273 e. The summed E-state index contributed by atoms with van der Waals surface area (Å²) in [5.74, 6) is 0.117. The van der Waals surface area contributed by atoms with Gasteiger partial charge in [0.1, 0.15) is 6.42 Å². The monoisotopic (exact) mass is 328 g/mol. The van der Waals surface area contributed by atoms with Crippen LogP contribution in [0.25, 0.3) is 0 Å². The molecule has 0 aliphatic carbocycles. The van der Waals surface area contributed by atoms with Gasteiger partial charge in [0, 0.05) is 31.4 Å². The summed E-state index contributed by atoms with van der Waals surface area (Å²) in [6.45, 7) is 0.749. The molecule has 1 aliphatic heterocycles. The summed E-state index contributed by atoms with van der Waals surface area (Å²) in [4.78, 5) is 31.8. The molecule has 0 spiro atoms. The summed E-state index contributed by atoms with van der Waals surface area (Å²) < 4.78 is 0. The lowest BCUT2D eigenvalue weighted by Crippen LogP contribution is -2.46. The van der Waals surface area contributed by atoms with E-state index in [9.17, 15) is 9.59 Å². The van der Waals surface area contributed by atoms with Crippen LogP contribution in [0, 0.1) is 0 Å². The van der Waals surface area contributed by atoms with Crippen LogP contribution in [0.1, 0.15) is 6.42 Å². The van der Waals surface area contributed by atoms with E-state index in [2.05, 4.69) is 20.8 Å². The van der Waals surface area contributed by atoms with Crippen molar-refractivity contribution >= 4 is 45.2 Å². The van der Waals surface area contributed by atoms with Crippen molar-refractivity contribution in [3.8, 4) is 0 Å². The van der Waals surface area contributed by atoms with Crippen LogP contribution in [-0.2, 0) is 9.59 Å². The molecule has 0 fully saturated rings. The van der Waals surface area contributed by atoms with Crippen molar-refractivity contribution in [1.82, 2.24) is 20.8 Å². The first-order chi connectivity index (χ1) is 10.1. The molecule has 0 atom stereocenters. The lowest BCUT2D eigenvalue weighted by Gasteiger charge is -2.20. The number of aliphatic imine (C=N–C) groups is 1. The molecule has 0 saturated carbocycles. The van der Waals surface area contributed by atoms with Gasteiger partial charge in [0.25, 0.3) is 0 Å². The van der Waals surface area contributed by atoms with Crippen LogP contribution in [0.4, 0.5) is 5.13 Å². The lowest BCUT2D eigenvalue weighted by atomic mass is 10.4. The Morgan fingerprint density at radius 2 is 2.00 bits per heavy atom. The summed E-state index contributed by atoms with van der Waals surface area (Å²) >= 11 is 2.96. The molecule has 2 heterocycles. The number of amidine groups is 1. The van der Waals surface area contributed by atoms with E-state index in [1.54, 1.807) is 37.4 Å². The van der Waals surface area contributed by atoms with E-state index in [0.717, 1.165) is 17.5 Å². The van der Waals surface area contributed by atoms with Gasteiger partial charge in [-0.05, 0) is 0 Å². The van der Waals surface area contributed by atoms with Crippen molar-refractivity contribution in [3.05, 3.63) is 11.6 Å². The van der Waals surface area contributed by atoms with Gasteiger partial charge in [-0.1, -0.05) is 11.8 Å². The summed E-state index contributed by atoms with van der Waals surface area (Å²) in [6, 6.07) is 0. The number of anilines is 1.